The molecule has 0 saturated heterocycles. The van der Waals surface area contributed by atoms with E-state index in [1.807, 2.05) is 65.8 Å². The summed E-state index contributed by atoms with van der Waals surface area (Å²) in [6.45, 7) is 15.3. The average molecular weight is 611 g/mol. The van der Waals surface area contributed by atoms with Gasteiger partial charge in [0.25, 0.3) is 0 Å². The fourth-order valence-corrected chi connectivity index (χ4v) is 4.37. The van der Waals surface area contributed by atoms with Gasteiger partial charge >= 0.3 is 12.2 Å². The number of nitrogens with one attached hydrogen (secondary N) is 2. The smallest absolute Gasteiger partial charge is 0.412 e. The van der Waals surface area contributed by atoms with Crippen molar-refractivity contribution in [2.24, 2.45) is 0 Å². The van der Waals surface area contributed by atoms with Gasteiger partial charge in [0, 0.05) is 16.8 Å². The Morgan fingerprint density at radius 1 is 0.444 bits per heavy atom. The average Bonchev–Trinajstić information content (AvgIpc) is 2.94. The first-order valence-electron chi connectivity index (χ1n) is 14.8. The molecule has 8 nitrogen and oxygen atoms in total. The minimum atomic E-state index is -0.564. The lowest BCUT2D eigenvalue weighted by Crippen LogP contribution is -2.27. The molecule has 45 heavy (non-hydrogen) atoms. The van der Waals surface area contributed by atoms with Crippen LogP contribution < -0.4 is 20.1 Å². The van der Waals surface area contributed by atoms with E-state index in [9.17, 15) is 9.59 Å². The SMILES string of the molecule is CC(C)(C)OC(=O)Nc1ccc(Oc2ccc(C(C)(C)c3ccc(Oc4ccc(NC(=O)OC(C)(C)C)cc4)cc3)cc2)cc1. The van der Waals surface area contributed by atoms with Crippen LogP contribution >= 0.6 is 0 Å². The summed E-state index contributed by atoms with van der Waals surface area (Å²) < 4.78 is 22.6. The zero-order valence-corrected chi connectivity index (χ0v) is 27.2. The molecule has 0 atom stereocenters. The van der Waals surface area contributed by atoms with E-state index in [0.717, 1.165) is 11.1 Å². The molecule has 0 fully saturated rings. The number of hydrogen-bond acceptors (Lipinski definition) is 6. The van der Waals surface area contributed by atoms with Crippen molar-refractivity contribution in [3.8, 4) is 23.0 Å². The van der Waals surface area contributed by atoms with E-state index >= 15 is 0 Å². The standard InChI is InChI=1S/C37H42N2O6/c1-35(2,3)44-33(40)38-27-13-21-31(22-14-27)42-29-17-9-25(10-18-29)37(7,8)26-11-19-30(20-12-26)43-32-23-15-28(16-24-32)39-34(41)45-36(4,5)6/h9-24H,1-8H3,(H,38,40)(H,39,41). The number of carbonyl (C=O) groups is 2. The Hall–Kier alpha value is -4.98. The summed E-state index contributed by atoms with van der Waals surface area (Å²) in [6, 6.07) is 30.3. The van der Waals surface area contributed by atoms with Gasteiger partial charge in [0.2, 0.25) is 0 Å². The zero-order chi connectivity index (χ0) is 32.8. The Balaban J connectivity index is 1.33. The van der Waals surface area contributed by atoms with Crippen molar-refractivity contribution in [3.05, 3.63) is 108 Å². The lowest BCUT2D eigenvalue weighted by Gasteiger charge is -2.26. The van der Waals surface area contributed by atoms with Crippen LogP contribution in [-0.4, -0.2) is 23.4 Å². The maximum Gasteiger partial charge on any atom is 0.412 e. The molecule has 0 heterocycles. The van der Waals surface area contributed by atoms with Gasteiger partial charge in [0.05, 0.1) is 0 Å². The molecule has 0 bridgehead atoms. The number of rotatable bonds is 8. The molecule has 0 spiro atoms. The van der Waals surface area contributed by atoms with Gasteiger partial charge in [0.15, 0.2) is 0 Å². The van der Waals surface area contributed by atoms with Crippen LogP contribution in [0.25, 0.3) is 0 Å². The van der Waals surface area contributed by atoms with Crippen molar-refractivity contribution in [2.75, 3.05) is 10.6 Å². The quantitative estimate of drug-likeness (QED) is 0.206. The Morgan fingerprint density at radius 3 is 0.978 bits per heavy atom. The molecule has 0 aliphatic carbocycles. The van der Waals surface area contributed by atoms with Crippen LogP contribution in [-0.2, 0) is 14.9 Å². The summed E-state index contributed by atoms with van der Waals surface area (Å²) in [5, 5.41) is 5.43. The van der Waals surface area contributed by atoms with Crippen LogP contribution in [0.3, 0.4) is 0 Å². The molecule has 236 valence electrons. The van der Waals surface area contributed by atoms with Crippen LogP contribution in [0.1, 0.15) is 66.5 Å². The normalized spacial score (nSPS) is 11.7. The van der Waals surface area contributed by atoms with E-state index in [0.29, 0.717) is 34.4 Å². The molecule has 2 N–H and O–H groups in total. The second-order valence-corrected chi connectivity index (χ2v) is 13.2. The van der Waals surface area contributed by atoms with Gasteiger partial charge in [-0.15, -0.1) is 0 Å². The summed E-state index contributed by atoms with van der Waals surface area (Å²) >= 11 is 0. The Labute approximate surface area is 265 Å². The highest BCUT2D eigenvalue weighted by Crippen LogP contribution is 2.35. The van der Waals surface area contributed by atoms with Crippen molar-refractivity contribution in [1.29, 1.82) is 0 Å². The number of anilines is 2. The van der Waals surface area contributed by atoms with E-state index < -0.39 is 23.4 Å². The highest BCUT2D eigenvalue weighted by Gasteiger charge is 2.23. The summed E-state index contributed by atoms with van der Waals surface area (Å²) in [6.07, 6.45) is -1.00. The molecule has 0 radical (unpaired) electrons. The maximum absolute atomic E-state index is 12.0. The molecule has 8 heteroatoms. The third-order valence-electron chi connectivity index (χ3n) is 6.62. The Bertz CT molecular complexity index is 1460. The number of hydrogen-bond donors (Lipinski definition) is 2. The lowest BCUT2D eigenvalue weighted by molar-refractivity contribution is 0.0624. The lowest BCUT2D eigenvalue weighted by atomic mass is 9.78. The summed E-state index contributed by atoms with van der Waals surface area (Å²) in [5.41, 5.74) is 2.12. The zero-order valence-electron chi connectivity index (χ0n) is 27.2. The van der Waals surface area contributed by atoms with Crippen LogP contribution in [0.2, 0.25) is 0 Å². The van der Waals surface area contributed by atoms with Crippen molar-refractivity contribution >= 4 is 23.6 Å². The highest BCUT2D eigenvalue weighted by molar-refractivity contribution is 5.85. The van der Waals surface area contributed by atoms with Gasteiger partial charge < -0.3 is 18.9 Å². The fourth-order valence-electron chi connectivity index (χ4n) is 4.37. The van der Waals surface area contributed by atoms with E-state index in [-0.39, 0.29) is 5.41 Å². The van der Waals surface area contributed by atoms with E-state index in [1.165, 1.54) is 0 Å². The largest absolute Gasteiger partial charge is 0.457 e. The molecule has 0 aliphatic heterocycles. The molecule has 0 saturated carbocycles. The number of carbonyl (C=O) groups excluding carboxylic acids is 2. The summed E-state index contributed by atoms with van der Waals surface area (Å²) in [4.78, 5) is 24.0. The van der Waals surface area contributed by atoms with Crippen molar-refractivity contribution in [2.45, 2.75) is 72.0 Å². The maximum atomic E-state index is 12.0. The van der Waals surface area contributed by atoms with Crippen LogP contribution in [0.15, 0.2) is 97.1 Å². The molecular formula is C37H42N2O6. The molecule has 4 rings (SSSR count). The summed E-state index contributed by atoms with van der Waals surface area (Å²) in [5.74, 6) is 2.72. The topological polar surface area (TPSA) is 95.1 Å². The van der Waals surface area contributed by atoms with Gasteiger partial charge in [-0.05, 0) is 125 Å². The first kappa shape index (κ1) is 32.9. The van der Waals surface area contributed by atoms with Crippen molar-refractivity contribution < 1.29 is 28.5 Å². The highest BCUT2D eigenvalue weighted by atomic mass is 16.6. The number of amides is 2. The minimum Gasteiger partial charge on any atom is -0.457 e. The van der Waals surface area contributed by atoms with E-state index in [2.05, 4.69) is 48.7 Å². The van der Waals surface area contributed by atoms with Gasteiger partial charge in [-0.25, -0.2) is 9.59 Å². The Kier molecular flexibility index (Phi) is 9.76. The molecule has 0 unspecified atom stereocenters. The predicted molar refractivity (Wildman–Crippen MR) is 178 cm³/mol. The minimum absolute atomic E-state index is 0.263. The first-order valence-corrected chi connectivity index (χ1v) is 14.8. The number of ether oxygens (including phenoxy) is 4. The van der Waals surface area contributed by atoms with Crippen LogP contribution in [0.5, 0.6) is 23.0 Å². The van der Waals surface area contributed by atoms with E-state index in [4.69, 9.17) is 18.9 Å². The van der Waals surface area contributed by atoms with E-state index in [1.54, 1.807) is 48.5 Å². The fraction of sp³-hybridized carbons (Fsp3) is 0.297. The monoisotopic (exact) mass is 610 g/mol. The Morgan fingerprint density at radius 2 is 0.711 bits per heavy atom. The van der Waals surface area contributed by atoms with Gasteiger partial charge in [-0.2, -0.15) is 0 Å². The van der Waals surface area contributed by atoms with Gasteiger partial charge in [-0.3, -0.25) is 10.6 Å². The van der Waals surface area contributed by atoms with Crippen molar-refractivity contribution in [1.82, 2.24) is 0 Å². The third-order valence-corrected chi connectivity index (χ3v) is 6.62. The molecule has 4 aromatic carbocycles. The van der Waals surface area contributed by atoms with Gasteiger partial charge in [0.1, 0.15) is 34.2 Å². The molecule has 0 aliphatic rings. The second kappa shape index (κ2) is 13.3. The first-order chi connectivity index (χ1) is 21.1. The molecular weight excluding hydrogens is 568 g/mol. The van der Waals surface area contributed by atoms with Crippen molar-refractivity contribution in [3.63, 3.8) is 0 Å². The van der Waals surface area contributed by atoms with Crippen LogP contribution in [0.4, 0.5) is 21.0 Å². The second-order valence-electron chi connectivity index (χ2n) is 13.2. The van der Waals surface area contributed by atoms with Crippen LogP contribution in [0, 0.1) is 0 Å². The molecule has 0 aromatic heterocycles. The predicted octanol–water partition coefficient (Wildman–Crippen LogP) is 10.3. The summed E-state index contributed by atoms with van der Waals surface area (Å²) in [7, 11) is 0. The van der Waals surface area contributed by atoms with Gasteiger partial charge in [-0.1, -0.05) is 38.1 Å². The third kappa shape index (κ3) is 10.0. The molecule has 4 aromatic rings. The molecule has 2 amide bonds. The number of benzene rings is 4.